The van der Waals surface area contributed by atoms with Crippen molar-refractivity contribution in [1.29, 1.82) is 0 Å². The number of nitrogens with zero attached hydrogens (tertiary/aromatic N) is 4. The molecule has 0 radical (unpaired) electrons. The van der Waals surface area contributed by atoms with E-state index in [2.05, 4.69) is 11.1 Å². The molecule has 0 unspecified atom stereocenters. The molecule has 0 fully saturated rings. The molecule has 5 rings (SSSR count). The Morgan fingerprint density at radius 3 is 2.90 bits per heavy atom. The van der Waals surface area contributed by atoms with E-state index in [0.717, 1.165) is 29.6 Å². The van der Waals surface area contributed by atoms with Crippen molar-refractivity contribution in [3.8, 4) is 0 Å². The molecule has 0 N–H and O–H groups in total. The van der Waals surface area contributed by atoms with Gasteiger partial charge in [-0.1, -0.05) is 42.1 Å². The van der Waals surface area contributed by atoms with E-state index in [0.29, 0.717) is 23.1 Å². The number of hydrogen-bond acceptors (Lipinski definition) is 4. The summed E-state index contributed by atoms with van der Waals surface area (Å²) in [5, 5.41) is 0.705. The molecule has 1 aliphatic rings. The molecule has 31 heavy (non-hydrogen) atoms. The number of halogens is 1. The summed E-state index contributed by atoms with van der Waals surface area (Å²) in [6.45, 7) is 0.870. The SMILES string of the molecule is O=C(Cn1c(SCc2cccc(F)c2)nc2cccnc21)N1CCCc2ccccc21. The first-order valence-electron chi connectivity index (χ1n) is 10.3. The molecule has 2 aromatic carbocycles. The highest BCUT2D eigenvalue weighted by molar-refractivity contribution is 7.98. The second kappa shape index (κ2) is 8.51. The average Bonchev–Trinajstić information content (AvgIpc) is 3.14. The van der Waals surface area contributed by atoms with Crippen molar-refractivity contribution >= 4 is 34.5 Å². The van der Waals surface area contributed by atoms with Crippen molar-refractivity contribution in [3.63, 3.8) is 0 Å². The first-order valence-corrected chi connectivity index (χ1v) is 11.2. The lowest BCUT2D eigenvalue weighted by Gasteiger charge is -2.29. The number of aromatic nitrogens is 3. The molecule has 0 saturated carbocycles. The van der Waals surface area contributed by atoms with E-state index in [1.165, 1.54) is 29.5 Å². The van der Waals surface area contributed by atoms with Crippen LogP contribution in [0.1, 0.15) is 17.5 Å². The quantitative estimate of drug-likeness (QED) is 0.424. The normalized spacial score (nSPS) is 13.4. The number of thioether (sulfide) groups is 1. The summed E-state index contributed by atoms with van der Waals surface area (Å²) >= 11 is 1.48. The highest BCUT2D eigenvalue weighted by atomic mass is 32.2. The highest BCUT2D eigenvalue weighted by Gasteiger charge is 2.24. The highest BCUT2D eigenvalue weighted by Crippen LogP contribution is 2.29. The number of para-hydroxylation sites is 1. The van der Waals surface area contributed by atoms with E-state index < -0.39 is 0 Å². The van der Waals surface area contributed by atoms with Crippen molar-refractivity contribution in [1.82, 2.24) is 14.5 Å². The lowest BCUT2D eigenvalue weighted by Crippen LogP contribution is -2.37. The van der Waals surface area contributed by atoms with Crippen molar-refractivity contribution in [2.45, 2.75) is 30.3 Å². The van der Waals surface area contributed by atoms with Crippen LogP contribution in [0.5, 0.6) is 0 Å². The third-order valence-electron chi connectivity index (χ3n) is 5.43. The predicted molar refractivity (Wildman–Crippen MR) is 121 cm³/mol. The second-order valence-electron chi connectivity index (χ2n) is 7.52. The number of carbonyl (C=O) groups excluding carboxylic acids is 1. The number of carbonyl (C=O) groups is 1. The summed E-state index contributed by atoms with van der Waals surface area (Å²) in [6.07, 6.45) is 3.65. The smallest absolute Gasteiger partial charge is 0.247 e. The molecule has 0 aliphatic carbocycles. The van der Waals surface area contributed by atoms with E-state index in [4.69, 9.17) is 4.98 Å². The van der Waals surface area contributed by atoms with Gasteiger partial charge in [-0.05, 0) is 54.3 Å². The van der Waals surface area contributed by atoms with E-state index in [-0.39, 0.29) is 18.3 Å². The van der Waals surface area contributed by atoms with Gasteiger partial charge in [0.05, 0.1) is 0 Å². The fourth-order valence-corrected chi connectivity index (χ4v) is 4.92. The maximum Gasteiger partial charge on any atom is 0.247 e. The van der Waals surface area contributed by atoms with Gasteiger partial charge in [0.1, 0.15) is 17.9 Å². The lowest BCUT2D eigenvalue weighted by molar-refractivity contribution is -0.119. The Balaban J connectivity index is 1.44. The zero-order chi connectivity index (χ0) is 21.2. The maximum absolute atomic E-state index is 13.5. The van der Waals surface area contributed by atoms with Crippen molar-refractivity contribution in [2.75, 3.05) is 11.4 Å². The molecule has 1 aliphatic heterocycles. The van der Waals surface area contributed by atoms with E-state index in [9.17, 15) is 9.18 Å². The predicted octanol–water partition coefficient (Wildman–Crippen LogP) is 4.84. The van der Waals surface area contributed by atoms with Crippen molar-refractivity contribution in [2.24, 2.45) is 0 Å². The van der Waals surface area contributed by atoms with Gasteiger partial charge < -0.3 is 4.90 Å². The average molecular weight is 433 g/mol. The van der Waals surface area contributed by atoms with Gasteiger partial charge >= 0.3 is 0 Å². The Morgan fingerprint density at radius 1 is 1.10 bits per heavy atom. The third kappa shape index (κ3) is 4.05. The van der Waals surface area contributed by atoms with Crippen LogP contribution in [0, 0.1) is 5.82 Å². The number of pyridine rings is 1. The van der Waals surface area contributed by atoms with Crippen LogP contribution in [-0.2, 0) is 23.5 Å². The Bertz CT molecular complexity index is 1260. The topological polar surface area (TPSA) is 51.0 Å². The number of anilines is 1. The van der Waals surface area contributed by atoms with Gasteiger partial charge in [-0.25, -0.2) is 14.4 Å². The third-order valence-corrected chi connectivity index (χ3v) is 6.48. The van der Waals surface area contributed by atoms with Gasteiger partial charge in [0, 0.05) is 24.2 Å². The van der Waals surface area contributed by atoms with E-state index in [1.807, 2.05) is 45.9 Å². The Morgan fingerprint density at radius 2 is 2.00 bits per heavy atom. The van der Waals surface area contributed by atoms with Crippen LogP contribution in [0.15, 0.2) is 72.0 Å². The minimum atomic E-state index is -0.257. The summed E-state index contributed by atoms with van der Waals surface area (Å²) in [5.74, 6) is 0.318. The standard InChI is InChI=1S/C24H21FN4OS/c25-19-9-3-6-17(14-19)16-31-24-27-20-10-4-12-26-23(20)29(24)15-22(30)28-13-5-8-18-7-1-2-11-21(18)28/h1-4,6-7,9-12,14H,5,8,13,15-16H2. The number of rotatable bonds is 5. The molecular formula is C24H21FN4OS. The fourth-order valence-electron chi connectivity index (χ4n) is 3.98. The molecule has 0 saturated heterocycles. The zero-order valence-electron chi connectivity index (χ0n) is 16.9. The van der Waals surface area contributed by atoms with Crippen LogP contribution < -0.4 is 4.90 Å². The van der Waals surface area contributed by atoms with Crippen LogP contribution in [0.2, 0.25) is 0 Å². The Kier molecular flexibility index (Phi) is 5.42. The number of aryl methyl sites for hydroxylation is 1. The summed E-state index contributed by atoms with van der Waals surface area (Å²) in [6, 6.07) is 18.4. The van der Waals surface area contributed by atoms with Gasteiger partial charge in [0.2, 0.25) is 5.91 Å². The molecule has 0 spiro atoms. The first-order chi connectivity index (χ1) is 15.2. The molecule has 0 atom stereocenters. The van der Waals surface area contributed by atoms with Gasteiger partial charge in [-0.2, -0.15) is 0 Å². The lowest BCUT2D eigenvalue weighted by atomic mass is 10.0. The number of benzene rings is 2. The summed E-state index contributed by atoms with van der Waals surface area (Å²) in [5.41, 5.74) is 4.49. The minimum absolute atomic E-state index is 0.0182. The molecule has 1 amide bonds. The van der Waals surface area contributed by atoms with Crippen molar-refractivity contribution in [3.05, 3.63) is 83.8 Å². The van der Waals surface area contributed by atoms with Crippen LogP contribution >= 0.6 is 11.8 Å². The minimum Gasteiger partial charge on any atom is -0.311 e. The molecule has 4 aromatic rings. The van der Waals surface area contributed by atoms with Crippen LogP contribution in [0.4, 0.5) is 10.1 Å². The molecule has 5 nitrogen and oxygen atoms in total. The maximum atomic E-state index is 13.5. The number of amides is 1. The second-order valence-corrected chi connectivity index (χ2v) is 8.47. The van der Waals surface area contributed by atoms with E-state index in [1.54, 1.807) is 12.3 Å². The largest absolute Gasteiger partial charge is 0.311 e. The van der Waals surface area contributed by atoms with Gasteiger partial charge in [-0.3, -0.25) is 9.36 Å². The first kappa shape index (κ1) is 19.8. The molecule has 2 aromatic heterocycles. The zero-order valence-corrected chi connectivity index (χ0v) is 17.7. The molecule has 156 valence electrons. The Labute approximate surface area is 183 Å². The molecule has 0 bridgehead atoms. The Hall–Kier alpha value is -3.19. The molecular weight excluding hydrogens is 411 g/mol. The molecule has 3 heterocycles. The number of imidazole rings is 1. The van der Waals surface area contributed by atoms with Crippen LogP contribution in [-0.4, -0.2) is 27.0 Å². The monoisotopic (exact) mass is 432 g/mol. The summed E-state index contributed by atoms with van der Waals surface area (Å²) < 4.78 is 15.4. The number of hydrogen-bond donors (Lipinski definition) is 0. The van der Waals surface area contributed by atoms with Crippen LogP contribution in [0.25, 0.3) is 11.2 Å². The fraction of sp³-hybridized carbons (Fsp3) is 0.208. The summed E-state index contributed by atoms with van der Waals surface area (Å²) in [4.78, 5) is 24.4. The van der Waals surface area contributed by atoms with Gasteiger partial charge in [0.15, 0.2) is 10.8 Å². The number of fused-ring (bicyclic) bond motifs is 2. The van der Waals surface area contributed by atoms with Gasteiger partial charge in [0.25, 0.3) is 0 Å². The van der Waals surface area contributed by atoms with Gasteiger partial charge in [-0.15, -0.1) is 0 Å². The van der Waals surface area contributed by atoms with E-state index >= 15 is 0 Å². The summed E-state index contributed by atoms with van der Waals surface area (Å²) in [7, 11) is 0. The molecule has 7 heteroatoms. The van der Waals surface area contributed by atoms with Crippen molar-refractivity contribution < 1.29 is 9.18 Å². The van der Waals surface area contributed by atoms with Crippen LogP contribution in [0.3, 0.4) is 0 Å².